The van der Waals surface area contributed by atoms with Gasteiger partial charge in [0.05, 0.1) is 29.5 Å². The van der Waals surface area contributed by atoms with Gasteiger partial charge in [-0.2, -0.15) is 9.29 Å². The molecule has 7 nitrogen and oxygen atoms in total. The molecule has 0 aliphatic carbocycles. The molecule has 3 aromatic rings. The minimum Gasteiger partial charge on any atom is -0.497 e. The summed E-state index contributed by atoms with van der Waals surface area (Å²) in [6, 6.07) is 11.9. The van der Waals surface area contributed by atoms with Crippen molar-refractivity contribution < 1.29 is 17.7 Å². The Morgan fingerprint density at radius 3 is 2.64 bits per heavy atom. The third-order valence-corrected chi connectivity index (χ3v) is 6.48. The Kier molecular flexibility index (Phi) is 6.24. The third-order valence-electron chi connectivity index (χ3n) is 3.96. The molecule has 0 amide bonds. The highest BCUT2D eigenvalue weighted by Crippen LogP contribution is 2.25. The zero-order valence-corrected chi connectivity index (χ0v) is 17.4. The largest absolute Gasteiger partial charge is 0.497 e. The molecule has 0 N–H and O–H groups in total. The van der Waals surface area contributed by atoms with Crippen LogP contribution in [0.1, 0.15) is 11.5 Å². The Bertz CT molecular complexity index is 1090. The second-order valence-corrected chi connectivity index (χ2v) is 8.89. The Balaban J connectivity index is 1.72. The summed E-state index contributed by atoms with van der Waals surface area (Å²) in [7, 11) is -0.613. The molecule has 0 unspecified atom stereocenters. The van der Waals surface area contributed by atoms with Crippen LogP contribution in [-0.4, -0.2) is 37.0 Å². The van der Waals surface area contributed by atoms with Gasteiger partial charge in [-0.3, -0.25) is 0 Å². The Hall–Kier alpha value is -2.13. The second-order valence-electron chi connectivity index (χ2n) is 6.00. The van der Waals surface area contributed by atoms with E-state index in [0.717, 1.165) is 4.31 Å². The molecule has 10 heteroatoms. The minimum absolute atomic E-state index is 0.0549. The summed E-state index contributed by atoms with van der Waals surface area (Å²) in [4.78, 5) is 4.26. The van der Waals surface area contributed by atoms with Crippen molar-refractivity contribution in [3.8, 4) is 17.1 Å². The van der Waals surface area contributed by atoms with Gasteiger partial charge in [0.2, 0.25) is 21.7 Å². The third kappa shape index (κ3) is 4.82. The maximum atomic E-state index is 12.6. The lowest BCUT2D eigenvalue weighted by Crippen LogP contribution is -2.27. The monoisotopic (exact) mass is 441 g/mol. The molecule has 3 rings (SSSR count). The van der Waals surface area contributed by atoms with Gasteiger partial charge >= 0.3 is 0 Å². The van der Waals surface area contributed by atoms with Crippen LogP contribution < -0.4 is 4.74 Å². The number of halogens is 2. The average molecular weight is 442 g/mol. The van der Waals surface area contributed by atoms with Crippen LogP contribution >= 0.6 is 23.2 Å². The molecule has 0 spiro atoms. The van der Waals surface area contributed by atoms with E-state index in [1.807, 2.05) is 6.07 Å². The first-order chi connectivity index (χ1) is 13.3. The van der Waals surface area contributed by atoms with E-state index in [-0.39, 0.29) is 18.2 Å². The van der Waals surface area contributed by atoms with Crippen molar-refractivity contribution >= 4 is 33.2 Å². The lowest BCUT2D eigenvalue weighted by atomic mass is 10.2. The SMILES string of the molecule is COc1cccc(-c2noc(CN(C)S(=O)(=O)Cc3ccc(Cl)c(Cl)c3)n2)c1. The number of rotatable bonds is 7. The Morgan fingerprint density at radius 2 is 1.93 bits per heavy atom. The van der Waals surface area contributed by atoms with E-state index in [1.54, 1.807) is 37.4 Å². The zero-order valence-electron chi connectivity index (χ0n) is 15.1. The number of methoxy groups -OCH3 is 1. The van der Waals surface area contributed by atoms with Gasteiger partial charge in [0, 0.05) is 12.6 Å². The molecule has 1 heterocycles. The van der Waals surface area contributed by atoms with Crippen molar-refractivity contribution in [1.82, 2.24) is 14.4 Å². The lowest BCUT2D eigenvalue weighted by molar-refractivity contribution is 0.336. The van der Waals surface area contributed by atoms with E-state index in [1.165, 1.54) is 13.1 Å². The molecule has 0 aliphatic heterocycles. The van der Waals surface area contributed by atoms with Crippen LogP contribution in [0.2, 0.25) is 10.0 Å². The van der Waals surface area contributed by atoms with Gasteiger partial charge in [0.25, 0.3) is 0 Å². The standard InChI is InChI=1S/C18H17Cl2N3O4S/c1-23(28(24,25)11-12-6-7-15(19)16(20)8-12)10-17-21-18(22-27-17)13-4-3-5-14(9-13)26-2/h3-9H,10-11H2,1-2H3. The Morgan fingerprint density at radius 1 is 1.14 bits per heavy atom. The van der Waals surface area contributed by atoms with Gasteiger partial charge < -0.3 is 9.26 Å². The second kappa shape index (κ2) is 8.48. The number of sulfonamides is 1. The molecule has 0 aliphatic rings. The van der Waals surface area contributed by atoms with Crippen LogP contribution in [0.4, 0.5) is 0 Å². The van der Waals surface area contributed by atoms with E-state index >= 15 is 0 Å². The summed E-state index contributed by atoms with van der Waals surface area (Å²) in [5.41, 5.74) is 1.24. The van der Waals surface area contributed by atoms with E-state index in [9.17, 15) is 8.42 Å². The first kappa shape index (κ1) is 20.6. The number of benzene rings is 2. The van der Waals surface area contributed by atoms with Crippen molar-refractivity contribution in [1.29, 1.82) is 0 Å². The number of hydrogen-bond acceptors (Lipinski definition) is 6. The molecule has 2 aromatic carbocycles. The summed E-state index contributed by atoms with van der Waals surface area (Å²) in [5, 5.41) is 4.58. The van der Waals surface area contributed by atoms with E-state index in [0.29, 0.717) is 32.7 Å². The fourth-order valence-corrected chi connectivity index (χ4v) is 3.89. The maximum Gasteiger partial charge on any atom is 0.242 e. The normalized spacial score (nSPS) is 11.8. The summed E-state index contributed by atoms with van der Waals surface area (Å²) >= 11 is 11.8. The predicted molar refractivity (Wildman–Crippen MR) is 107 cm³/mol. The molecule has 0 radical (unpaired) electrons. The van der Waals surface area contributed by atoms with Crippen molar-refractivity contribution in [3.63, 3.8) is 0 Å². The van der Waals surface area contributed by atoms with Crippen LogP contribution in [0.5, 0.6) is 5.75 Å². The molecule has 0 atom stereocenters. The quantitative estimate of drug-likeness (QED) is 0.550. The highest BCUT2D eigenvalue weighted by Gasteiger charge is 2.22. The molecule has 148 valence electrons. The summed E-state index contributed by atoms with van der Waals surface area (Å²) < 4.78 is 36.7. The van der Waals surface area contributed by atoms with Crippen LogP contribution in [0.15, 0.2) is 47.0 Å². The van der Waals surface area contributed by atoms with Crippen molar-refractivity contribution in [2.24, 2.45) is 0 Å². The van der Waals surface area contributed by atoms with Crippen LogP contribution in [-0.2, 0) is 22.3 Å². The predicted octanol–water partition coefficient (Wildman–Crippen LogP) is 4.01. The number of ether oxygens (including phenoxy) is 1. The highest BCUT2D eigenvalue weighted by atomic mass is 35.5. The van der Waals surface area contributed by atoms with Gasteiger partial charge in [-0.15, -0.1) is 0 Å². The summed E-state index contributed by atoms with van der Waals surface area (Å²) in [5.74, 6) is 0.962. The van der Waals surface area contributed by atoms with Gasteiger partial charge in [-0.25, -0.2) is 8.42 Å². The smallest absolute Gasteiger partial charge is 0.242 e. The fourth-order valence-electron chi connectivity index (χ4n) is 2.44. The van der Waals surface area contributed by atoms with Gasteiger partial charge in [-0.1, -0.05) is 46.6 Å². The first-order valence-corrected chi connectivity index (χ1v) is 10.5. The average Bonchev–Trinajstić information content (AvgIpc) is 3.13. The van der Waals surface area contributed by atoms with Crippen molar-refractivity contribution in [3.05, 3.63) is 64.0 Å². The molecule has 0 saturated heterocycles. The molecule has 1 aromatic heterocycles. The van der Waals surface area contributed by atoms with Gasteiger partial charge in [-0.05, 0) is 29.8 Å². The van der Waals surface area contributed by atoms with Gasteiger partial charge in [0.15, 0.2) is 0 Å². The maximum absolute atomic E-state index is 12.6. The lowest BCUT2D eigenvalue weighted by Gasteiger charge is -2.15. The van der Waals surface area contributed by atoms with Crippen molar-refractivity contribution in [2.75, 3.05) is 14.2 Å². The molecule has 0 fully saturated rings. The molecule has 28 heavy (non-hydrogen) atoms. The summed E-state index contributed by atoms with van der Waals surface area (Å²) in [6.07, 6.45) is 0. The summed E-state index contributed by atoms with van der Waals surface area (Å²) in [6.45, 7) is -0.0549. The zero-order chi connectivity index (χ0) is 20.3. The molecule has 0 bridgehead atoms. The number of hydrogen-bond donors (Lipinski definition) is 0. The fraction of sp³-hybridized carbons (Fsp3) is 0.222. The number of aromatic nitrogens is 2. The molecule has 0 saturated carbocycles. The highest BCUT2D eigenvalue weighted by molar-refractivity contribution is 7.88. The molecular weight excluding hydrogens is 425 g/mol. The topological polar surface area (TPSA) is 85.5 Å². The molecular formula is C18H17Cl2N3O4S. The van der Waals surface area contributed by atoms with E-state index < -0.39 is 10.0 Å². The van der Waals surface area contributed by atoms with E-state index in [2.05, 4.69) is 10.1 Å². The number of nitrogens with zero attached hydrogens (tertiary/aromatic N) is 3. The van der Waals surface area contributed by atoms with Gasteiger partial charge in [0.1, 0.15) is 5.75 Å². The van der Waals surface area contributed by atoms with Crippen LogP contribution in [0.3, 0.4) is 0 Å². The van der Waals surface area contributed by atoms with Crippen molar-refractivity contribution in [2.45, 2.75) is 12.3 Å². The van der Waals surface area contributed by atoms with E-state index in [4.69, 9.17) is 32.5 Å². The van der Waals surface area contributed by atoms with Crippen LogP contribution in [0.25, 0.3) is 11.4 Å². The first-order valence-electron chi connectivity index (χ1n) is 8.13. The minimum atomic E-state index is -3.62. The van der Waals surface area contributed by atoms with Crippen LogP contribution in [0, 0.1) is 0 Å². The Labute approximate surface area is 172 Å².